The first-order chi connectivity index (χ1) is 22.6. The summed E-state index contributed by atoms with van der Waals surface area (Å²) in [5, 5.41) is 90.2. The van der Waals surface area contributed by atoms with E-state index in [0.717, 1.165) is 5.56 Å². The molecular formula is C32H44O16. The van der Waals surface area contributed by atoms with Crippen molar-refractivity contribution < 1.29 is 79.2 Å². The zero-order valence-corrected chi connectivity index (χ0v) is 26.8. The summed E-state index contributed by atoms with van der Waals surface area (Å²) in [5.41, 5.74) is 1.47. The molecule has 0 spiro atoms. The van der Waals surface area contributed by atoms with Crippen LogP contribution in [0.4, 0.5) is 0 Å². The second-order valence-electron chi connectivity index (χ2n) is 11.7. The van der Waals surface area contributed by atoms with Crippen LogP contribution in [-0.4, -0.2) is 127 Å². The molecule has 1 fully saturated rings. The van der Waals surface area contributed by atoms with Crippen LogP contribution >= 0.6 is 0 Å². The molecule has 9 N–H and O–H groups in total. The van der Waals surface area contributed by atoms with E-state index in [0.29, 0.717) is 18.4 Å². The SMILES string of the molecule is CCO[C@H](C(=O)O)[C@@H](O)[C@H](O)[C@@H](O)Oc1cc(CC(C)C(C)Cc2ccc(OC)c(O[C@@H]3O[C@H](C(=O)O)[C@@H](O)[C@H](O)[C@H]3O)c2)ccc1O. The Kier molecular flexibility index (Phi) is 13.8. The number of benzene rings is 2. The average Bonchev–Trinajstić information content (AvgIpc) is 3.04. The van der Waals surface area contributed by atoms with Crippen molar-refractivity contribution in [2.75, 3.05) is 13.7 Å². The van der Waals surface area contributed by atoms with Crippen LogP contribution < -0.4 is 14.2 Å². The van der Waals surface area contributed by atoms with E-state index in [4.69, 9.17) is 23.7 Å². The molecule has 1 aliphatic rings. The third kappa shape index (κ3) is 9.45. The molecule has 0 aliphatic carbocycles. The highest BCUT2D eigenvalue weighted by Crippen LogP contribution is 2.34. The number of aliphatic hydroxyl groups is 6. The zero-order chi connectivity index (χ0) is 35.9. The van der Waals surface area contributed by atoms with Gasteiger partial charge in [-0.15, -0.1) is 0 Å². The summed E-state index contributed by atoms with van der Waals surface area (Å²) in [7, 11) is 1.38. The van der Waals surface area contributed by atoms with Crippen LogP contribution in [0.2, 0.25) is 0 Å². The standard InChI is InChI=1S/C32H44O16/c1-5-45-27(29(39)40)24(36)25(37)31(43)46-20-12-16(6-8-18(20)33)10-14(2)15(3)11-17-7-9-19(44-4)21(13-17)47-32-26(38)22(34)23(35)28(48-32)30(41)42/h6-9,12-15,22-28,31-38,43H,5,10-11H2,1-4H3,(H,39,40)(H,41,42)/t14?,15?,22-,23-,24-,25-,26+,27-,28-,31-,32+/m0/s1. The maximum atomic E-state index is 11.5. The van der Waals surface area contributed by atoms with Gasteiger partial charge in [0.05, 0.1) is 7.11 Å². The molecule has 0 radical (unpaired) electrons. The molecule has 48 heavy (non-hydrogen) atoms. The lowest BCUT2D eigenvalue weighted by atomic mass is 9.85. The van der Waals surface area contributed by atoms with E-state index in [1.807, 2.05) is 13.8 Å². The molecule has 0 amide bonds. The Bertz CT molecular complexity index is 1370. The molecule has 1 heterocycles. The van der Waals surface area contributed by atoms with Crippen LogP contribution in [0.15, 0.2) is 36.4 Å². The third-order valence-electron chi connectivity index (χ3n) is 8.18. The first kappa shape index (κ1) is 38.7. The fourth-order valence-corrected chi connectivity index (χ4v) is 5.18. The second kappa shape index (κ2) is 17.1. The van der Waals surface area contributed by atoms with Gasteiger partial charge in [0.25, 0.3) is 0 Å². The summed E-state index contributed by atoms with van der Waals surface area (Å²) < 4.78 is 26.5. The van der Waals surface area contributed by atoms with E-state index < -0.39 is 67.2 Å². The first-order valence-electron chi connectivity index (χ1n) is 15.2. The fraction of sp³-hybridized carbons (Fsp3) is 0.562. The van der Waals surface area contributed by atoms with Crippen LogP contribution in [0, 0.1) is 11.8 Å². The van der Waals surface area contributed by atoms with Crippen LogP contribution in [0.5, 0.6) is 23.0 Å². The quantitative estimate of drug-likeness (QED) is 0.0963. The largest absolute Gasteiger partial charge is 0.504 e. The third-order valence-corrected chi connectivity index (χ3v) is 8.18. The van der Waals surface area contributed by atoms with E-state index in [1.165, 1.54) is 26.2 Å². The number of aliphatic carboxylic acids is 2. The number of aromatic hydroxyl groups is 1. The monoisotopic (exact) mass is 684 g/mol. The number of phenolic OH excluding ortho intramolecular Hbond substituents is 1. The molecule has 2 unspecified atom stereocenters. The van der Waals surface area contributed by atoms with E-state index in [9.17, 15) is 55.5 Å². The first-order valence-corrected chi connectivity index (χ1v) is 15.2. The molecule has 0 bridgehead atoms. The lowest BCUT2D eigenvalue weighted by Gasteiger charge is -2.38. The van der Waals surface area contributed by atoms with Crippen molar-refractivity contribution in [3.05, 3.63) is 47.5 Å². The maximum Gasteiger partial charge on any atom is 0.335 e. The number of ether oxygens (including phenoxy) is 5. The van der Waals surface area contributed by atoms with E-state index >= 15 is 0 Å². The number of phenols is 1. The lowest BCUT2D eigenvalue weighted by Crippen LogP contribution is -2.61. The van der Waals surface area contributed by atoms with Crippen LogP contribution in [-0.2, 0) is 31.9 Å². The Morgan fingerprint density at radius 3 is 1.96 bits per heavy atom. The molecule has 268 valence electrons. The summed E-state index contributed by atoms with van der Waals surface area (Å²) in [6, 6.07) is 9.45. The smallest absolute Gasteiger partial charge is 0.335 e. The molecule has 0 aromatic heterocycles. The zero-order valence-electron chi connectivity index (χ0n) is 26.8. The molecule has 3 rings (SSSR count). The molecule has 1 saturated heterocycles. The Morgan fingerprint density at radius 1 is 0.833 bits per heavy atom. The molecular weight excluding hydrogens is 640 g/mol. The number of hydrogen-bond donors (Lipinski definition) is 9. The van der Waals surface area contributed by atoms with Gasteiger partial charge in [-0.05, 0) is 67.0 Å². The van der Waals surface area contributed by atoms with Crippen LogP contribution in [0.3, 0.4) is 0 Å². The minimum absolute atomic E-state index is 0.0187. The van der Waals surface area contributed by atoms with Crippen molar-refractivity contribution in [2.24, 2.45) is 11.8 Å². The van der Waals surface area contributed by atoms with E-state index in [-0.39, 0.29) is 41.4 Å². The molecule has 16 nitrogen and oxygen atoms in total. The molecule has 1 aliphatic heterocycles. The van der Waals surface area contributed by atoms with E-state index in [2.05, 4.69) is 0 Å². The van der Waals surface area contributed by atoms with Gasteiger partial charge in [-0.1, -0.05) is 26.0 Å². The van der Waals surface area contributed by atoms with Gasteiger partial charge in [0.1, 0.15) is 30.5 Å². The number of carbonyl (C=O) groups is 2. The van der Waals surface area contributed by atoms with Gasteiger partial charge in [-0.25, -0.2) is 9.59 Å². The van der Waals surface area contributed by atoms with Crippen molar-refractivity contribution in [1.29, 1.82) is 0 Å². The number of rotatable bonds is 17. The van der Waals surface area contributed by atoms with Gasteiger partial charge in [-0.2, -0.15) is 0 Å². The fourth-order valence-electron chi connectivity index (χ4n) is 5.18. The highest BCUT2D eigenvalue weighted by atomic mass is 16.7. The topological polar surface area (TPSA) is 262 Å². The Balaban J connectivity index is 1.68. The Labute approximate surface area is 276 Å². The maximum absolute atomic E-state index is 11.5. The summed E-state index contributed by atoms with van der Waals surface area (Å²) in [5.74, 6) is -3.27. The van der Waals surface area contributed by atoms with Gasteiger partial charge < -0.3 is 69.6 Å². The second-order valence-corrected chi connectivity index (χ2v) is 11.7. The Morgan fingerprint density at radius 2 is 1.42 bits per heavy atom. The van der Waals surface area contributed by atoms with Gasteiger partial charge in [0.15, 0.2) is 35.2 Å². The number of hydrogen-bond acceptors (Lipinski definition) is 14. The predicted octanol–water partition coefficient (Wildman–Crippen LogP) is -0.362. The normalized spacial score (nSPS) is 24.8. The average molecular weight is 685 g/mol. The number of aliphatic hydroxyl groups excluding tert-OH is 6. The Hall–Kier alpha value is -3.74. The predicted molar refractivity (Wildman–Crippen MR) is 163 cm³/mol. The van der Waals surface area contributed by atoms with Crippen molar-refractivity contribution in [2.45, 2.75) is 88.9 Å². The van der Waals surface area contributed by atoms with E-state index in [1.54, 1.807) is 24.3 Å². The lowest BCUT2D eigenvalue weighted by molar-refractivity contribution is -0.271. The molecule has 16 heteroatoms. The highest BCUT2D eigenvalue weighted by molar-refractivity contribution is 5.73. The minimum atomic E-state index is -2.10. The van der Waals surface area contributed by atoms with Crippen molar-refractivity contribution >= 4 is 11.9 Å². The molecule has 2 aromatic carbocycles. The molecule has 11 atom stereocenters. The molecule has 0 saturated carbocycles. The number of carboxylic acids is 2. The van der Waals surface area contributed by atoms with Gasteiger partial charge in [0, 0.05) is 6.61 Å². The van der Waals surface area contributed by atoms with Crippen molar-refractivity contribution in [3.8, 4) is 23.0 Å². The van der Waals surface area contributed by atoms with Gasteiger partial charge >= 0.3 is 11.9 Å². The summed E-state index contributed by atoms with van der Waals surface area (Å²) >= 11 is 0. The van der Waals surface area contributed by atoms with Crippen molar-refractivity contribution in [3.63, 3.8) is 0 Å². The molecule has 2 aromatic rings. The highest BCUT2D eigenvalue weighted by Gasteiger charge is 2.48. The number of methoxy groups -OCH3 is 1. The van der Waals surface area contributed by atoms with Crippen LogP contribution in [0.25, 0.3) is 0 Å². The summed E-state index contributed by atoms with van der Waals surface area (Å²) in [4.78, 5) is 22.8. The van der Waals surface area contributed by atoms with Crippen LogP contribution in [0.1, 0.15) is 31.9 Å². The summed E-state index contributed by atoms with van der Waals surface area (Å²) in [6.45, 7) is 5.40. The van der Waals surface area contributed by atoms with Crippen molar-refractivity contribution in [1.82, 2.24) is 0 Å². The van der Waals surface area contributed by atoms with Gasteiger partial charge in [-0.3, -0.25) is 0 Å². The number of carboxylic acid groups (broad SMARTS) is 2. The minimum Gasteiger partial charge on any atom is -0.504 e. The van der Waals surface area contributed by atoms with Gasteiger partial charge in [0.2, 0.25) is 12.6 Å². The summed E-state index contributed by atoms with van der Waals surface area (Å²) in [6.07, 6.45) is -16.0.